The number of carbonyl (C=O) groups is 1. The molecular formula is C15H22N2OS2. The van der Waals surface area contributed by atoms with Crippen LogP contribution in [-0.4, -0.2) is 10.9 Å². The van der Waals surface area contributed by atoms with Crippen LogP contribution in [0.3, 0.4) is 0 Å². The maximum absolute atomic E-state index is 12.7. The maximum atomic E-state index is 12.7. The molecule has 2 rings (SSSR count). The van der Waals surface area contributed by atoms with Crippen molar-refractivity contribution in [2.24, 2.45) is 23.0 Å². The largest absolute Gasteiger partial charge is 0.392 e. The number of carbonyl (C=O) groups excluding carboxylic acids is 1. The summed E-state index contributed by atoms with van der Waals surface area (Å²) in [6, 6.07) is 4.10. The fourth-order valence-electron chi connectivity index (χ4n) is 2.94. The molecule has 110 valence electrons. The average Bonchev–Trinajstić information content (AvgIpc) is 2.83. The van der Waals surface area contributed by atoms with Gasteiger partial charge in [-0.05, 0) is 36.1 Å². The van der Waals surface area contributed by atoms with Gasteiger partial charge in [0, 0.05) is 4.88 Å². The first-order valence-electron chi connectivity index (χ1n) is 7.01. The van der Waals surface area contributed by atoms with E-state index in [1.807, 2.05) is 11.4 Å². The van der Waals surface area contributed by atoms with E-state index in [-0.39, 0.29) is 11.9 Å². The lowest BCUT2D eigenvalue weighted by atomic mass is 9.62. The van der Waals surface area contributed by atoms with Gasteiger partial charge in [-0.2, -0.15) is 0 Å². The summed E-state index contributed by atoms with van der Waals surface area (Å²) in [5, 5.41) is 5.20. The first kappa shape index (κ1) is 15.4. The van der Waals surface area contributed by atoms with Crippen molar-refractivity contribution in [1.82, 2.24) is 5.32 Å². The molecule has 3 nitrogen and oxygen atoms in total. The molecule has 0 aromatic carbocycles. The van der Waals surface area contributed by atoms with Crippen LogP contribution in [0, 0.1) is 17.3 Å². The van der Waals surface area contributed by atoms with E-state index in [1.165, 1.54) is 4.88 Å². The van der Waals surface area contributed by atoms with Gasteiger partial charge in [0.2, 0.25) is 5.91 Å². The summed E-state index contributed by atoms with van der Waals surface area (Å²) >= 11 is 6.82. The molecule has 1 saturated carbocycles. The normalized spacial score (nSPS) is 26.9. The van der Waals surface area contributed by atoms with E-state index in [9.17, 15) is 4.79 Å². The molecule has 0 saturated heterocycles. The van der Waals surface area contributed by atoms with Crippen molar-refractivity contribution in [3.8, 4) is 0 Å². The van der Waals surface area contributed by atoms with E-state index < -0.39 is 5.41 Å². The maximum Gasteiger partial charge on any atom is 0.233 e. The van der Waals surface area contributed by atoms with E-state index in [2.05, 4.69) is 32.2 Å². The van der Waals surface area contributed by atoms with E-state index in [0.717, 1.165) is 12.8 Å². The number of rotatable bonds is 5. The number of nitrogens with two attached hydrogens (primary N) is 1. The quantitative estimate of drug-likeness (QED) is 0.821. The molecular weight excluding hydrogens is 288 g/mol. The zero-order chi connectivity index (χ0) is 14.9. The van der Waals surface area contributed by atoms with Gasteiger partial charge in [-0.15, -0.1) is 11.3 Å². The van der Waals surface area contributed by atoms with Crippen LogP contribution in [0.5, 0.6) is 0 Å². The van der Waals surface area contributed by atoms with Crippen molar-refractivity contribution in [3.63, 3.8) is 0 Å². The Morgan fingerprint density at radius 3 is 2.60 bits per heavy atom. The average molecular weight is 310 g/mol. The molecule has 3 N–H and O–H groups in total. The highest BCUT2D eigenvalue weighted by atomic mass is 32.1. The summed E-state index contributed by atoms with van der Waals surface area (Å²) in [6.07, 6.45) is 1.53. The van der Waals surface area contributed by atoms with E-state index in [4.69, 9.17) is 18.0 Å². The molecule has 1 amide bonds. The lowest BCUT2D eigenvalue weighted by Crippen LogP contribution is -2.56. The number of thiocarbonyl (C=S) groups is 1. The molecule has 20 heavy (non-hydrogen) atoms. The highest BCUT2D eigenvalue weighted by Gasteiger charge is 2.51. The molecule has 1 atom stereocenters. The number of thiophene rings is 1. The first-order chi connectivity index (χ1) is 9.36. The van der Waals surface area contributed by atoms with Gasteiger partial charge in [0.05, 0.1) is 16.4 Å². The van der Waals surface area contributed by atoms with E-state index in [0.29, 0.717) is 16.8 Å². The topological polar surface area (TPSA) is 55.1 Å². The third-order valence-electron chi connectivity index (χ3n) is 4.10. The molecule has 0 aliphatic heterocycles. The van der Waals surface area contributed by atoms with E-state index >= 15 is 0 Å². The second-order valence-electron chi connectivity index (χ2n) is 6.17. The van der Waals surface area contributed by atoms with Gasteiger partial charge in [-0.3, -0.25) is 4.79 Å². The molecule has 0 spiro atoms. The summed E-state index contributed by atoms with van der Waals surface area (Å²) in [4.78, 5) is 14.2. The van der Waals surface area contributed by atoms with Crippen molar-refractivity contribution in [2.75, 3.05) is 0 Å². The van der Waals surface area contributed by atoms with Gasteiger partial charge in [-0.1, -0.05) is 39.1 Å². The van der Waals surface area contributed by atoms with Gasteiger partial charge < -0.3 is 11.1 Å². The predicted molar refractivity (Wildman–Crippen MR) is 87.7 cm³/mol. The lowest BCUT2D eigenvalue weighted by Gasteiger charge is -2.45. The Labute approximate surface area is 129 Å². The number of amides is 1. The van der Waals surface area contributed by atoms with Gasteiger partial charge >= 0.3 is 0 Å². The lowest BCUT2D eigenvalue weighted by molar-refractivity contribution is -0.134. The fourth-order valence-corrected chi connectivity index (χ4v) is 4.15. The second-order valence-corrected chi connectivity index (χ2v) is 7.59. The zero-order valence-corrected chi connectivity index (χ0v) is 13.8. The predicted octanol–water partition coefficient (Wildman–Crippen LogP) is 3.26. The zero-order valence-electron chi connectivity index (χ0n) is 12.2. The summed E-state index contributed by atoms with van der Waals surface area (Å²) in [6.45, 7) is 6.35. The van der Waals surface area contributed by atoms with Crippen LogP contribution < -0.4 is 11.1 Å². The number of nitrogens with one attached hydrogen (secondary N) is 1. The van der Waals surface area contributed by atoms with Crippen molar-refractivity contribution in [1.29, 1.82) is 0 Å². The van der Waals surface area contributed by atoms with Crippen molar-refractivity contribution < 1.29 is 4.79 Å². The highest BCUT2D eigenvalue weighted by Crippen LogP contribution is 2.46. The summed E-state index contributed by atoms with van der Waals surface area (Å²) in [5.41, 5.74) is 5.21. The Balaban J connectivity index is 2.15. The summed E-state index contributed by atoms with van der Waals surface area (Å²) in [5.74, 6) is 0.843. The summed E-state index contributed by atoms with van der Waals surface area (Å²) in [7, 11) is 0. The highest BCUT2D eigenvalue weighted by molar-refractivity contribution is 7.80. The molecule has 1 fully saturated rings. The van der Waals surface area contributed by atoms with Gasteiger partial charge in [0.1, 0.15) is 0 Å². The molecule has 1 unspecified atom stereocenters. The third kappa shape index (κ3) is 2.74. The fraction of sp³-hybridized carbons (Fsp3) is 0.600. The molecule has 1 aliphatic carbocycles. The van der Waals surface area contributed by atoms with Gasteiger partial charge in [0.15, 0.2) is 0 Å². The Hall–Kier alpha value is -0.940. The second kappa shape index (κ2) is 5.82. The third-order valence-corrected chi connectivity index (χ3v) is 5.45. The SMILES string of the molecule is CC1CC(C(=O)NC(c2cccs2)C(C)C)(C(N)=S)C1. The standard InChI is InChI=1S/C15H22N2OS2/c1-9(2)12(11-5-4-6-20-11)17-14(18)15(13(16)19)7-10(3)8-15/h4-6,9-10,12H,7-8H2,1-3H3,(H2,16,19)(H,17,18). The van der Waals surface area contributed by atoms with Crippen molar-refractivity contribution in [3.05, 3.63) is 22.4 Å². The molecule has 0 bridgehead atoms. The molecule has 0 radical (unpaired) electrons. The van der Waals surface area contributed by atoms with Crippen LogP contribution in [0.25, 0.3) is 0 Å². The van der Waals surface area contributed by atoms with Gasteiger partial charge in [-0.25, -0.2) is 0 Å². The van der Waals surface area contributed by atoms with Crippen LogP contribution in [0.2, 0.25) is 0 Å². The molecule has 1 aromatic rings. The van der Waals surface area contributed by atoms with Gasteiger partial charge in [0.25, 0.3) is 0 Å². The molecule has 5 heteroatoms. The molecule has 1 heterocycles. The first-order valence-corrected chi connectivity index (χ1v) is 8.30. The minimum Gasteiger partial charge on any atom is -0.392 e. The minimum absolute atomic E-state index is 0.00444. The Kier molecular flexibility index (Phi) is 4.49. The van der Waals surface area contributed by atoms with Crippen LogP contribution in [0.1, 0.15) is 44.5 Å². The minimum atomic E-state index is -0.626. The Morgan fingerprint density at radius 1 is 1.55 bits per heavy atom. The molecule has 1 aliphatic rings. The van der Waals surface area contributed by atoms with Crippen LogP contribution in [-0.2, 0) is 4.79 Å². The van der Waals surface area contributed by atoms with E-state index in [1.54, 1.807) is 11.3 Å². The van der Waals surface area contributed by atoms with Crippen LogP contribution >= 0.6 is 23.6 Å². The van der Waals surface area contributed by atoms with Crippen LogP contribution in [0.15, 0.2) is 17.5 Å². The smallest absolute Gasteiger partial charge is 0.233 e. The number of hydrogen-bond donors (Lipinski definition) is 2. The number of hydrogen-bond acceptors (Lipinski definition) is 3. The Bertz CT molecular complexity index is 490. The monoisotopic (exact) mass is 310 g/mol. The summed E-state index contributed by atoms with van der Waals surface area (Å²) < 4.78 is 0. The Morgan fingerprint density at radius 2 is 2.20 bits per heavy atom. The van der Waals surface area contributed by atoms with Crippen LogP contribution in [0.4, 0.5) is 0 Å². The molecule has 1 aromatic heterocycles. The van der Waals surface area contributed by atoms with Crippen molar-refractivity contribution in [2.45, 2.75) is 39.7 Å². The van der Waals surface area contributed by atoms with Crippen molar-refractivity contribution >= 4 is 34.5 Å².